The molecule has 0 aliphatic carbocycles. The molecule has 0 fully saturated rings. The first-order valence-electron chi connectivity index (χ1n) is 10.1. The van der Waals surface area contributed by atoms with Gasteiger partial charge in [0.15, 0.2) is 5.96 Å². The molecule has 2 heterocycles. The fourth-order valence-corrected chi connectivity index (χ4v) is 4.37. The quantitative estimate of drug-likeness (QED) is 0.333. The van der Waals surface area contributed by atoms with Gasteiger partial charge in [-0.25, -0.2) is 4.98 Å². The molecule has 1 aromatic heterocycles. The van der Waals surface area contributed by atoms with Gasteiger partial charge >= 0.3 is 0 Å². The summed E-state index contributed by atoms with van der Waals surface area (Å²) < 4.78 is 0. The van der Waals surface area contributed by atoms with Crippen molar-refractivity contribution in [3.63, 3.8) is 0 Å². The largest absolute Gasteiger partial charge is 0.355 e. The molecule has 5 nitrogen and oxygen atoms in total. The zero-order valence-electron chi connectivity index (χ0n) is 18.2. The molecule has 7 heteroatoms. The van der Waals surface area contributed by atoms with Crippen LogP contribution in [-0.4, -0.2) is 41.5 Å². The van der Waals surface area contributed by atoms with Gasteiger partial charge in [-0.05, 0) is 37.3 Å². The van der Waals surface area contributed by atoms with Crippen LogP contribution in [0.25, 0.3) is 0 Å². The Morgan fingerprint density at radius 1 is 1.24 bits per heavy atom. The maximum Gasteiger partial charge on any atom is 0.191 e. The zero-order valence-corrected chi connectivity index (χ0v) is 21.3. The number of thiazole rings is 1. The topological polar surface area (TPSA) is 52.6 Å². The third kappa shape index (κ3) is 6.39. The monoisotopic (exact) mass is 527 g/mol. The van der Waals surface area contributed by atoms with E-state index in [-0.39, 0.29) is 29.5 Å². The van der Waals surface area contributed by atoms with E-state index >= 15 is 0 Å². The average Bonchev–Trinajstić information content (AvgIpc) is 3.17. The normalized spacial score (nSPS) is 15.0. The van der Waals surface area contributed by atoms with Crippen LogP contribution in [0.15, 0.2) is 34.6 Å². The van der Waals surface area contributed by atoms with Gasteiger partial charge < -0.3 is 10.6 Å². The molecule has 0 radical (unpaired) electrons. The Morgan fingerprint density at radius 3 is 2.62 bits per heavy atom. The summed E-state index contributed by atoms with van der Waals surface area (Å²) in [5.74, 6) is 1.30. The smallest absolute Gasteiger partial charge is 0.191 e. The van der Waals surface area contributed by atoms with Gasteiger partial charge in [0, 0.05) is 37.6 Å². The lowest BCUT2D eigenvalue weighted by Gasteiger charge is -2.42. The van der Waals surface area contributed by atoms with Gasteiger partial charge in [0.05, 0.1) is 12.2 Å². The van der Waals surface area contributed by atoms with Gasteiger partial charge in [-0.2, -0.15) is 0 Å². The summed E-state index contributed by atoms with van der Waals surface area (Å²) in [6.07, 6.45) is 1.12. The van der Waals surface area contributed by atoms with E-state index < -0.39 is 0 Å². The second-order valence-corrected chi connectivity index (χ2v) is 9.30. The number of hydrogen-bond acceptors (Lipinski definition) is 4. The maximum atomic E-state index is 4.68. The van der Waals surface area contributed by atoms with Crippen molar-refractivity contribution in [2.24, 2.45) is 4.99 Å². The fourth-order valence-electron chi connectivity index (χ4n) is 3.48. The summed E-state index contributed by atoms with van der Waals surface area (Å²) in [7, 11) is 1.82. The second-order valence-electron chi connectivity index (χ2n) is 8.35. The number of guanidine groups is 1. The highest BCUT2D eigenvalue weighted by molar-refractivity contribution is 14.0. The standard InChI is InChI=1S/C22H33N5S.HI/c1-16(2)19-14-28-20(26-19)12-24-21(23-5)25-15-22(3,4)27-11-10-17-8-6-7-9-18(17)13-27;/h6-9,14,16H,10-13,15H2,1-5H3,(H2,23,24,25);1H. The molecule has 29 heavy (non-hydrogen) atoms. The van der Waals surface area contributed by atoms with Gasteiger partial charge in [0.2, 0.25) is 0 Å². The Bertz CT molecular complexity index is 815. The molecule has 3 rings (SSSR count). The molecule has 0 unspecified atom stereocenters. The summed E-state index contributed by atoms with van der Waals surface area (Å²) in [4.78, 5) is 11.6. The van der Waals surface area contributed by atoms with Crippen LogP contribution in [-0.2, 0) is 19.5 Å². The number of halogens is 1. The molecule has 0 saturated heterocycles. The first-order chi connectivity index (χ1) is 13.4. The summed E-state index contributed by atoms with van der Waals surface area (Å²) in [5.41, 5.74) is 4.14. The molecule has 0 bridgehead atoms. The third-order valence-electron chi connectivity index (χ3n) is 5.47. The van der Waals surface area contributed by atoms with Crippen LogP contribution in [0.2, 0.25) is 0 Å². The van der Waals surface area contributed by atoms with Crippen LogP contribution in [0, 0.1) is 0 Å². The molecule has 0 amide bonds. The van der Waals surface area contributed by atoms with Crippen molar-refractivity contribution in [1.29, 1.82) is 0 Å². The van der Waals surface area contributed by atoms with Crippen LogP contribution < -0.4 is 10.6 Å². The van der Waals surface area contributed by atoms with Crippen molar-refractivity contribution in [2.75, 3.05) is 20.1 Å². The molecule has 1 aliphatic rings. The van der Waals surface area contributed by atoms with Crippen molar-refractivity contribution >= 4 is 41.3 Å². The maximum absolute atomic E-state index is 4.68. The van der Waals surface area contributed by atoms with E-state index in [1.165, 1.54) is 11.1 Å². The number of rotatable bonds is 6. The Balaban J connectivity index is 0.00000300. The van der Waals surface area contributed by atoms with E-state index in [0.29, 0.717) is 12.5 Å². The Hall–Kier alpha value is -1.19. The minimum atomic E-state index is 0. The van der Waals surface area contributed by atoms with E-state index in [1.807, 2.05) is 7.05 Å². The first-order valence-corrected chi connectivity index (χ1v) is 11.0. The molecule has 160 valence electrons. The number of aromatic nitrogens is 1. The van der Waals surface area contributed by atoms with Crippen LogP contribution in [0.3, 0.4) is 0 Å². The second kappa shape index (κ2) is 10.7. The Labute approximate surface area is 196 Å². The molecular formula is C22H34IN5S. The molecule has 2 N–H and O–H groups in total. The van der Waals surface area contributed by atoms with Crippen LogP contribution in [0.4, 0.5) is 0 Å². The summed E-state index contributed by atoms with van der Waals surface area (Å²) in [5, 5.41) is 10.1. The zero-order chi connectivity index (χ0) is 20.1. The Morgan fingerprint density at radius 2 is 1.97 bits per heavy atom. The molecule has 0 atom stereocenters. The predicted molar refractivity (Wildman–Crippen MR) is 134 cm³/mol. The molecule has 1 aliphatic heterocycles. The van der Waals surface area contributed by atoms with E-state index in [0.717, 1.165) is 42.7 Å². The summed E-state index contributed by atoms with van der Waals surface area (Å²) in [6, 6.07) is 8.80. The summed E-state index contributed by atoms with van der Waals surface area (Å²) >= 11 is 1.71. The molecule has 1 aromatic carbocycles. The third-order valence-corrected chi connectivity index (χ3v) is 6.33. The first kappa shape index (κ1) is 24.1. The van der Waals surface area contributed by atoms with Crippen molar-refractivity contribution < 1.29 is 0 Å². The predicted octanol–water partition coefficient (Wildman–Crippen LogP) is 4.39. The van der Waals surface area contributed by atoms with Gasteiger partial charge in [-0.1, -0.05) is 38.1 Å². The minimum Gasteiger partial charge on any atom is -0.355 e. The lowest BCUT2D eigenvalue weighted by molar-refractivity contribution is 0.107. The van der Waals surface area contributed by atoms with Gasteiger partial charge in [0.1, 0.15) is 5.01 Å². The molecule has 0 saturated carbocycles. The lowest BCUT2D eigenvalue weighted by atomic mass is 9.94. The van der Waals surface area contributed by atoms with E-state index in [2.05, 4.69) is 82.9 Å². The minimum absolute atomic E-state index is 0. The van der Waals surface area contributed by atoms with Crippen molar-refractivity contribution in [2.45, 2.75) is 58.7 Å². The number of nitrogens with one attached hydrogen (secondary N) is 2. The highest BCUT2D eigenvalue weighted by Gasteiger charge is 2.29. The highest BCUT2D eigenvalue weighted by Crippen LogP contribution is 2.25. The number of benzene rings is 1. The molecule has 2 aromatic rings. The number of nitrogens with zero attached hydrogens (tertiary/aromatic N) is 3. The van der Waals surface area contributed by atoms with E-state index in [1.54, 1.807) is 11.3 Å². The molecule has 0 spiro atoms. The van der Waals surface area contributed by atoms with Gasteiger partial charge in [0.25, 0.3) is 0 Å². The van der Waals surface area contributed by atoms with E-state index in [4.69, 9.17) is 0 Å². The molecular weight excluding hydrogens is 493 g/mol. The van der Waals surface area contributed by atoms with Crippen molar-refractivity contribution in [3.05, 3.63) is 51.5 Å². The van der Waals surface area contributed by atoms with Crippen molar-refractivity contribution in [1.82, 2.24) is 20.5 Å². The van der Waals surface area contributed by atoms with Crippen LogP contribution >= 0.6 is 35.3 Å². The highest BCUT2D eigenvalue weighted by atomic mass is 127. The summed E-state index contributed by atoms with van der Waals surface area (Å²) in [6.45, 7) is 12.6. The lowest BCUT2D eigenvalue weighted by Crippen LogP contribution is -2.54. The van der Waals surface area contributed by atoms with E-state index in [9.17, 15) is 0 Å². The SMILES string of the molecule is CN=C(NCc1nc(C(C)C)cs1)NCC(C)(C)N1CCc2ccccc2C1.I. The number of fused-ring (bicyclic) bond motifs is 1. The van der Waals surface area contributed by atoms with Crippen LogP contribution in [0.5, 0.6) is 0 Å². The van der Waals surface area contributed by atoms with Gasteiger partial charge in [-0.15, -0.1) is 35.3 Å². The van der Waals surface area contributed by atoms with Crippen molar-refractivity contribution in [3.8, 4) is 0 Å². The number of hydrogen-bond donors (Lipinski definition) is 2. The van der Waals surface area contributed by atoms with Crippen LogP contribution in [0.1, 0.15) is 55.4 Å². The Kier molecular flexibility index (Phi) is 8.91. The average molecular weight is 528 g/mol. The number of aliphatic imine (C=N–C) groups is 1. The van der Waals surface area contributed by atoms with Gasteiger partial charge in [-0.3, -0.25) is 9.89 Å². The fraction of sp³-hybridized carbons (Fsp3) is 0.545.